The van der Waals surface area contributed by atoms with E-state index in [0.717, 1.165) is 11.3 Å². The Bertz CT molecular complexity index is 298. The summed E-state index contributed by atoms with van der Waals surface area (Å²) in [6.07, 6.45) is 0.884. The van der Waals surface area contributed by atoms with Gasteiger partial charge in [-0.15, -0.1) is 11.3 Å². The van der Waals surface area contributed by atoms with Gasteiger partial charge in [-0.05, 0) is 17.4 Å². The lowest BCUT2D eigenvalue weighted by Gasteiger charge is -2.16. The summed E-state index contributed by atoms with van der Waals surface area (Å²) in [5.74, 6) is -0.140. The minimum absolute atomic E-state index is 0.167. The smallest absolute Gasteiger partial charge is 0.323 e. The molecule has 3 nitrogen and oxygen atoms in total. The number of carbonyl (C=O) groups is 1. The predicted octanol–water partition coefficient (Wildman–Crippen LogP) is 2.16. The van der Waals surface area contributed by atoms with E-state index in [1.54, 1.807) is 11.3 Å². The highest BCUT2D eigenvalue weighted by Gasteiger charge is 2.20. The van der Waals surface area contributed by atoms with Gasteiger partial charge in [-0.3, -0.25) is 4.79 Å². The van der Waals surface area contributed by atoms with E-state index in [-0.39, 0.29) is 11.9 Å². The molecule has 1 heterocycles. The third-order valence-electron chi connectivity index (χ3n) is 2.47. The number of carbonyl (C=O) groups excluding carboxylic acids is 1. The molecule has 0 aliphatic carbocycles. The fourth-order valence-electron chi connectivity index (χ4n) is 1.12. The molecule has 15 heavy (non-hydrogen) atoms. The fourth-order valence-corrected chi connectivity index (χ4v) is 1.74. The number of hydrogen-bond donors (Lipinski definition) is 1. The summed E-state index contributed by atoms with van der Waals surface area (Å²) >= 11 is 1.57. The van der Waals surface area contributed by atoms with Crippen LogP contribution in [0.4, 0.5) is 0 Å². The number of nitrogens with two attached hydrogens (primary N) is 1. The van der Waals surface area contributed by atoms with Gasteiger partial charge in [0.05, 0.1) is 0 Å². The zero-order valence-corrected chi connectivity index (χ0v) is 9.92. The van der Waals surface area contributed by atoms with Gasteiger partial charge in [-0.1, -0.05) is 26.3 Å². The van der Waals surface area contributed by atoms with Crippen LogP contribution in [0.15, 0.2) is 17.5 Å². The first-order chi connectivity index (χ1) is 7.15. The monoisotopic (exact) mass is 227 g/mol. The molecule has 0 aromatic carbocycles. The van der Waals surface area contributed by atoms with Gasteiger partial charge in [0.1, 0.15) is 12.6 Å². The summed E-state index contributed by atoms with van der Waals surface area (Å²) in [5, 5.41) is 1.96. The molecule has 0 amide bonds. The summed E-state index contributed by atoms with van der Waals surface area (Å²) < 4.78 is 5.12. The van der Waals surface area contributed by atoms with E-state index in [1.807, 2.05) is 31.4 Å². The number of ether oxygens (including phenoxy) is 1. The Morgan fingerprint density at radius 1 is 1.67 bits per heavy atom. The Morgan fingerprint density at radius 3 is 2.93 bits per heavy atom. The first-order valence-electron chi connectivity index (χ1n) is 5.09. The van der Waals surface area contributed by atoms with Crippen LogP contribution < -0.4 is 5.73 Å². The van der Waals surface area contributed by atoms with Gasteiger partial charge in [0.25, 0.3) is 0 Å². The minimum Gasteiger partial charge on any atom is -0.459 e. The van der Waals surface area contributed by atoms with E-state index >= 15 is 0 Å². The van der Waals surface area contributed by atoms with E-state index in [9.17, 15) is 4.79 Å². The Kier molecular flexibility index (Phi) is 4.78. The summed E-state index contributed by atoms with van der Waals surface area (Å²) in [6, 6.07) is 3.37. The maximum Gasteiger partial charge on any atom is 0.323 e. The summed E-state index contributed by atoms with van der Waals surface area (Å²) in [6.45, 7) is 4.30. The quantitative estimate of drug-likeness (QED) is 0.784. The first-order valence-corrected chi connectivity index (χ1v) is 5.97. The van der Waals surface area contributed by atoms with Crippen LogP contribution in [0.5, 0.6) is 0 Å². The zero-order chi connectivity index (χ0) is 11.3. The second kappa shape index (κ2) is 5.88. The maximum absolute atomic E-state index is 11.5. The molecule has 0 saturated heterocycles. The molecule has 0 aliphatic heterocycles. The van der Waals surface area contributed by atoms with Gasteiger partial charge in [0, 0.05) is 4.88 Å². The molecule has 1 rings (SSSR count). The number of rotatable bonds is 5. The topological polar surface area (TPSA) is 52.3 Å². The van der Waals surface area contributed by atoms with Crippen molar-refractivity contribution in [2.24, 2.45) is 11.7 Å². The summed E-state index contributed by atoms with van der Waals surface area (Å²) in [7, 11) is 0. The molecule has 2 unspecified atom stereocenters. The Hall–Kier alpha value is -0.870. The van der Waals surface area contributed by atoms with Crippen molar-refractivity contribution in [1.29, 1.82) is 0 Å². The van der Waals surface area contributed by atoms with Crippen molar-refractivity contribution in [3.05, 3.63) is 22.4 Å². The normalized spacial score (nSPS) is 14.6. The first kappa shape index (κ1) is 12.2. The van der Waals surface area contributed by atoms with Crippen molar-refractivity contribution >= 4 is 17.3 Å². The fraction of sp³-hybridized carbons (Fsp3) is 0.545. The average molecular weight is 227 g/mol. The molecule has 0 bridgehead atoms. The van der Waals surface area contributed by atoms with Crippen LogP contribution in [0.1, 0.15) is 25.1 Å². The van der Waals surface area contributed by atoms with E-state index in [0.29, 0.717) is 6.61 Å². The van der Waals surface area contributed by atoms with Crippen LogP contribution >= 0.6 is 11.3 Å². The zero-order valence-electron chi connectivity index (χ0n) is 9.10. The molecule has 0 radical (unpaired) electrons. The molecule has 1 aromatic rings. The molecule has 4 heteroatoms. The van der Waals surface area contributed by atoms with Gasteiger partial charge in [0.15, 0.2) is 0 Å². The van der Waals surface area contributed by atoms with E-state index < -0.39 is 6.04 Å². The lowest BCUT2D eigenvalue weighted by Crippen LogP contribution is -2.37. The Labute approximate surface area is 94.2 Å². The highest BCUT2D eigenvalue weighted by Crippen LogP contribution is 2.12. The van der Waals surface area contributed by atoms with Gasteiger partial charge in [-0.25, -0.2) is 0 Å². The molecule has 0 saturated carbocycles. The van der Waals surface area contributed by atoms with Crippen LogP contribution in [0.2, 0.25) is 0 Å². The Morgan fingerprint density at radius 2 is 2.40 bits per heavy atom. The van der Waals surface area contributed by atoms with Crippen molar-refractivity contribution in [3.63, 3.8) is 0 Å². The molecule has 0 fully saturated rings. The number of thiophene rings is 1. The highest BCUT2D eigenvalue weighted by atomic mass is 32.1. The summed E-state index contributed by atoms with van der Waals surface area (Å²) in [4.78, 5) is 12.5. The standard InChI is InChI=1S/C11H17NO2S/c1-3-8(2)10(12)11(13)14-7-9-5-4-6-15-9/h4-6,8,10H,3,7,12H2,1-2H3. The van der Waals surface area contributed by atoms with Crippen LogP contribution in [0.3, 0.4) is 0 Å². The lowest BCUT2D eigenvalue weighted by molar-refractivity contribution is -0.147. The summed E-state index contributed by atoms with van der Waals surface area (Å²) in [5.41, 5.74) is 5.74. The minimum atomic E-state index is -0.505. The molecule has 0 spiro atoms. The third-order valence-corrected chi connectivity index (χ3v) is 3.32. The predicted molar refractivity (Wildman–Crippen MR) is 61.5 cm³/mol. The molecule has 1 aromatic heterocycles. The second-order valence-electron chi connectivity index (χ2n) is 3.60. The average Bonchev–Trinajstić information content (AvgIpc) is 2.76. The molecule has 0 aliphatic rings. The highest BCUT2D eigenvalue weighted by molar-refractivity contribution is 7.09. The van der Waals surface area contributed by atoms with Gasteiger partial charge >= 0.3 is 5.97 Å². The maximum atomic E-state index is 11.5. The SMILES string of the molecule is CCC(C)C(N)C(=O)OCc1cccs1. The van der Waals surface area contributed by atoms with Crippen LogP contribution in [-0.4, -0.2) is 12.0 Å². The largest absolute Gasteiger partial charge is 0.459 e. The van der Waals surface area contributed by atoms with Crippen LogP contribution in [0, 0.1) is 5.92 Å². The molecular weight excluding hydrogens is 210 g/mol. The van der Waals surface area contributed by atoms with E-state index in [2.05, 4.69) is 0 Å². The van der Waals surface area contributed by atoms with Crippen molar-refractivity contribution < 1.29 is 9.53 Å². The molecule has 2 N–H and O–H groups in total. The van der Waals surface area contributed by atoms with E-state index in [4.69, 9.17) is 10.5 Å². The molecule has 84 valence electrons. The van der Waals surface area contributed by atoms with Crippen LogP contribution in [0.25, 0.3) is 0 Å². The van der Waals surface area contributed by atoms with Crippen LogP contribution in [-0.2, 0) is 16.1 Å². The van der Waals surface area contributed by atoms with Crippen molar-refractivity contribution in [2.75, 3.05) is 0 Å². The molecular formula is C11H17NO2S. The van der Waals surface area contributed by atoms with Crippen molar-refractivity contribution in [3.8, 4) is 0 Å². The lowest BCUT2D eigenvalue weighted by atomic mass is 10.0. The third kappa shape index (κ3) is 3.64. The Balaban J connectivity index is 2.36. The molecule has 2 atom stereocenters. The van der Waals surface area contributed by atoms with Gasteiger partial charge in [0.2, 0.25) is 0 Å². The van der Waals surface area contributed by atoms with Crippen molar-refractivity contribution in [1.82, 2.24) is 0 Å². The van der Waals surface area contributed by atoms with Crippen molar-refractivity contribution in [2.45, 2.75) is 32.9 Å². The van der Waals surface area contributed by atoms with Gasteiger partial charge in [-0.2, -0.15) is 0 Å². The second-order valence-corrected chi connectivity index (χ2v) is 4.63. The van der Waals surface area contributed by atoms with E-state index in [1.165, 1.54) is 0 Å². The van der Waals surface area contributed by atoms with Gasteiger partial charge < -0.3 is 10.5 Å². The number of hydrogen-bond acceptors (Lipinski definition) is 4. The number of esters is 1.